The van der Waals surface area contributed by atoms with Crippen LogP contribution in [0, 0.1) is 0 Å². The van der Waals surface area contributed by atoms with Crippen molar-refractivity contribution in [1.82, 2.24) is 9.97 Å². The summed E-state index contributed by atoms with van der Waals surface area (Å²) in [6.45, 7) is 4.19. The smallest absolute Gasteiger partial charge is 0.136 e. The Hall–Kier alpha value is -2.24. The lowest BCUT2D eigenvalue weighted by atomic mass is 9.85. The quantitative estimate of drug-likeness (QED) is 0.740. The predicted octanol–water partition coefficient (Wildman–Crippen LogP) is 3.83. The first-order valence-electron chi connectivity index (χ1n) is 8.65. The Kier molecular flexibility index (Phi) is 6.01. The average Bonchev–Trinajstić information content (AvgIpc) is 2.69. The number of ether oxygens (including phenoxy) is 1. The maximum atomic E-state index is 11.3. The monoisotopic (exact) mass is 371 g/mol. The molecule has 0 radical (unpaired) electrons. The van der Waals surface area contributed by atoms with Crippen LogP contribution in [0.3, 0.4) is 0 Å². The van der Waals surface area contributed by atoms with Crippen molar-refractivity contribution < 1.29 is 9.84 Å². The van der Waals surface area contributed by atoms with Crippen molar-refractivity contribution in [3.63, 3.8) is 0 Å². The van der Waals surface area contributed by atoms with Crippen molar-refractivity contribution in [1.29, 1.82) is 0 Å². The molecule has 136 valence electrons. The number of hydrogen-bond acceptors (Lipinski definition) is 5. The van der Waals surface area contributed by atoms with Gasteiger partial charge in [0, 0.05) is 29.4 Å². The van der Waals surface area contributed by atoms with Crippen molar-refractivity contribution in [3.8, 4) is 0 Å². The van der Waals surface area contributed by atoms with Gasteiger partial charge in [0.05, 0.1) is 18.0 Å². The van der Waals surface area contributed by atoms with Crippen LogP contribution in [-0.2, 0) is 10.3 Å². The van der Waals surface area contributed by atoms with E-state index >= 15 is 0 Å². The van der Waals surface area contributed by atoms with Gasteiger partial charge in [0.2, 0.25) is 0 Å². The zero-order chi connectivity index (χ0) is 18.4. The van der Waals surface area contributed by atoms with Gasteiger partial charge in [-0.05, 0) is 43.6 Å². The minimum Gasteiger partial charge on any atom is -0.489 e. The summed E-state index contributed by atoms with van der Waals surface area (Å²) in [7, 11) is 0. The zero-order valence-corrected chi connectivity index (χ0v) is 15.3. The molecule has 1 N–H and O–H groups in total. The van der Waals surface area contributed by atoms with E-state index in [1.54, 1.807) is 18.5 Å². The van der Waals surface area contributed by atoms with Gasteiger partial charge < -0.3 is 9.84 Å². The molecule has 26 heavy (non-hydrogen) atoms. The van der Waals surface area contributed by atoms with E-state index in [2.05, 4.69) is 21.5 Å². The van der Waals surface area contributed by atoms with E-state index in [9.17, 15) is 5.11 Å². The number of allylic oxidation sites excluding steroid dienone is 5. The van der Waals surface area contributed by atoms with Gasteiger partial charge >= 0.3 is 0 Å². The molecule has 2 aliphatic rings. The van der Waals surface area contributed by atoms with E-state index in [4.69, 9.17) is 16.3 Å². The van der Waals surface area contributed by atoms with Crippen molar-refractivity contribution in [3.05, 3.63) is 72.0 Å². The molecule has 3 rings (SSSR count). The van der Waals surface area contributed by atoms with Crippen LogP contribution in [0.4, 0.5) is 0 Å². The summed E-state index contributed by atoms with van der Waals surface area (Å²) >= 11 is 5.97. The van der Waals surface area contributed by atoms with E-state index in [1.807, 2.05) is 24.3 Å². The van der Waals surface area contributed by atoms with Gasteiger partial charge in [0.1, 0.15) is 18.0 Å². The average molecular weight is 372 g/mol. The second-order valence-corrected chi connectivity index (χ2v) is 6.79. The number of nitrogens with zero attached hydrogens (tertiary/aromatic N) is 3. The van der Waals surface area contributed by atoms with E-state index in [-0.39, 0.29) is 6.10 Å². The molecule has 2 heterocycles. The lowest BCUT2D eigenvalue weighted by Gasteiger charge is -2.30. The Morgan fingerprint density at radius 3 is 2.73 bits per heavy atom. The molecule has 2 unspecified atom stereocenters. The summed E-state index contributed by atoms with van der Waals surface area (Å²) in [5, 5.41) is 12.1. The number of halogens is 1. The molecule has 0 bridgehead atoms. The van der Waals surface area contributed by atoms with E-state index in [0.717, 1.165) is 23.6 Å². The van der Waals surface area contributed by atoms with Gasteiger partial charge in [-0.15, -0.1) is 6.58 Å². The lowest BCUT2D eigenvalue weighted by Crippen LogP contribution is -2.37. The number of aromatic nitrogens is 2. The molecular weight excluding hydrogens is 350 g/mol. The fourth-order valence-electron chi connectivity index (χ4n) is 2.97. The number of aliphatic imine (C=N–C) groups is 1. The Morgan fingerprint density at radius 1 is 1.31 bits per heavy atom. The first-order valence-corrected chi connectivity index (χ1v) is 9.03. The Bertz CT molecular complexity index is 771. The molecule has 0 amide bonds. The maximum absolute atomic E-state index is 11.3. The fourth-order valence-corrected chi connectivity index (χ4v) is 3.13. The first-order chi connectivity index (χ1) is 12.6. The molecule has 6 heteroatoms. The second-order valence-electron chi connectivity index (χ2n) is 6.30. The van der Waals surface area contributed by atoms with Gasteiger partial charge in [-0.2, -0.15) is 0 Å². The van der Waals surface area contributed by atoms with Crippen LogP contribution < -0.4 is 0 Å². The minimum absolute atomic E-state index is 0.147. The highest BCUT2D eigenvalue weighted by Gasteiger charge is 2.35. The molecule has 2 atom stereocenters. The molecule has 0 saturated carbocycles. The van der Waals surface area contributed by atoms with Crippen molar-refractivity contribution in [2.75, 3.05) is 6.54 Å². The normalized spacial score (nSPS) is 21.9. The van der Waals surface area contributed by atoms with E-state index < -0.39 is 5.60 Å². The summed E-state index contributed by atoms with van der Waals surface area (Å²) < 4.78 is 5.97. The SMILES string of the molecule is C=CCCC(O)(C1=NCC(OC2=CC=C(Cl)CC2)C=C1)c1cncnc1. The van der Waals surface area contributed by atoms with Crippen LogP contribution in [0.2, 0.25) is 0 Å². The van der Waals surface area contributed by atoms with Crippen LogP contribution in [0.15, 0.2) is 71.5 Å². The third-order valence-corrected chi connectivity index (χ3v) is 4.76. The largest absolute Gasteiger partial charge is 0.489 e. The Labute approximate surface area is 158 Å². The van der Waals surface area contributed by atoms with Crippen molar-refractivity contribution in [2.45, 2.75) is 37.4 Å². The van der Waals surface area contributed by atoms with Crippen LogP contribution in [-0.4, -0.2) is 33.4 Å². The number of dihydropyridines is 1. The molecule has 1 aliphatic heterocycles. The number of aliphatic hydroxyl groups is 1. The predicted molar refractivity (Wildman–Crippen MR) is 103 cm³/mol. The highest BCUT2D eigenvalue weighted by atomic mass is 35.5. The summed E-state index contributed by atoms with van der Waals surface area (Å²) in [5.74, 6) is 0.904. The van der Waals surface area contributed by atoms with Gasteiger partial charge in [-0.3, -0.25) is 4.99 Å². The van der Waals surface area contributed by atoms with Gasteiger partial charge in [-0.25, -0.2) is 9.97 Å². The first kappa shape index (κ1) is 18.5. The number of hydrogen-bond donors (Lipinski definition) is 1. The molecule has 0 aromatic carbocycles. The second kappa shape index (κ2) is 8.43. The topological polar surface area (TPSA) is 67.6 Å². The molecular formula is C20H22ClN3O2. The summed E-state index contributed by atoms with van der Waals surface area (Å²) in [6.07, 6.45) is 16.6. The van der Waals surface area contributed by atoms with Crippen molar-refractivity contribution >= 4 is 17.3 Å². The van der Waals surface area contributed by atoms with Crippen LogP contribution in [0.1, 0.15) is 31.2 Å². The van der Waals surface area contributed by atoms with Crippen LogP contribution in [0.5, 0.6) is 0 Å². The maximum Gasteiger partial charge on any atom is 0.136 e. The van der Waals surface area contributed by atoms with Crippen LogP contribution >= 0.6 is 11.6 Å². The minimum atomic E-state index is -1.24. The van der Waals surface area contributed by atoms with Gasteiger partial charge in [-0.1, -0.05) is 17.7 Å². The highest BCUT2D eigenvalue weighted by molar-refractivity contribution is 6.29. The Morgan fingerprint density at radius 2 is 2.12 bits per heavy atom. The molecule has 1 aromatic heterocycles. The Balaban J connectivity index is 1.73. The molecule has 1 aliphatic carbocycles. The molecule has 0 fully saturated rings. The highest BCUT2D eigenvalue weighted by Crippen LogP contribution is 2.30. The molecule has 0 saturated heterocycles. The van der Waals surface area contributed by atoms with Gasteiger partial charge in [0.15, 0.2) is 0 Å². The third-order valence-electron chi connectivity index (χ3n) is 4.45. The van der Waals surface area contributed by atoms with Gasteiger partial charge in [0.25, 0.3) is 0 Å². The third kappa shape index (κ3) is 4.29. The molecule has 0 spiro atoms. The zero-order valence-electron chi connectivity index (χ0n) is 14.5. The molecule has 5 nitrogen and oxygen atoms in total. The molecule has 1 aromatic rings. The van der Waals surface area contributed by atoms with Crippen molar-refractivity contribution in [2.24, 2.45) is 4.99 Å². The number of rotatable bonds is 7. The summed E-state index contributed by atoms with van der Waals surface area (Å²) in [4.78, 5) is 12.6. The van der Waals surface area contributed by atoms with E-state index in [1.165, 1.54) is 6.33 Å². The summed E-state index contributed by atoms with van der Waals surface area (Å²) in [5.41, 5.74) is -0.0222. The van der Waals surface area contributed by atoms with Crippen LogP contribution in [0.25, 0.3) is 0 Å². The fraction of sp³-hybridized carbons (Fsp3) is 0.350. The standard InChI is InChI=1S/C20H22ClN3O2/c1-2-3-10-20(25,15-11-22-14-23-12-15)19-9-8-18(13-24-19)26-17-6-4-16(21)5-7-17/h2,4,6,8-9,11-12,14,18,25H,1,3,5,7,10,13H2. The van der Waals surface area contributed by atoms with E-state index in [0.29, 0.717) is 30.7 Å². The summed E-state index contributed by atoms with van der Waals surface area (Å²) in [6, 6.07) is 0. The lowest BCUT2D eigenvalue weighted by molar-refractivity contribution is 0.100.